The molecule has 1 spiro atoms. The molecule has 0 N–H and O–H groups in total. The highest BCUT2D eigenvalue weighted by molar-refractivity contribution is 7.89. The van der Waals surface area contributed by atoms with Crippen LogP contribution in [-0.2, 0) is 21.3 Å². The van der Waals surface area contributed by atoms with Gasteiger partial charge < -0.3 is 9.47 Å². The number of aryl methyl sites for hydroxylation is 1. The average Bonchev–Trinajstić information content (AvgIpc) is 3.26. The Morgan fingerprint density at radius 3 is 2.68 bits per heavy atom. The van der Waals surface area contributed by atoms with Crippen molar-refractivity contribution < 1.29 is 22.3 Å². The number of rotatable bonds is 7. The Balaban J connectivity index is 1.29. The smallest absolute Gasteiger partial charge is 0.246 e. The summed E-state index contributed by atoms with van der Waals surface area (Å²) in [5.41, 5.74) is -0.252. The molecule has 2 saturated heterocycles. The molecule has 1 aromatic carbocycles. The molecule has 0 amide bonds. The minimum Gasteiger partial charge on any atom is -0.494 e. The van der Waals surface area contributed by atoms with Crippen LogP contribution in [0.3, 0.4) is 0 Å². The van der Waals surface area contributed by atoms with Crippen LogP contribution in [0.5, 0.6) is 5.75 Å². The third kappa shape index (κ3) is 5.10. The van der Waals surface area contributed by atoms with Crippen LogP contribution in [0.25, 0.3) is 0 Å². The fourth-order valence-corrected chi connectivity index (χ4v) is 5.93. The zero-order chi connectivity index (χ0) is 21.9. The maximum atomic E-state index is 13.0. The van der Waals surface area contributed by atoms with Crippen molar-refractivity contribution in [1.29, 1.82) is 0 Å². The zero-order valence-corrected chi connectivity index (χ0v) is 18.7. The van der Waals surface area contributed by atoms with Crippen LogP contribution in [0.1, 0.15) is 39.0 Å². The van der Waals surface area contributed by atoms with Gasteiger partial charge in [-0.15, -0.1) is 0 Å². The fourth-order valence-electron chi connectivity index (χ4n) is 4.53. The highest BCUT2D eigenvalue weighted by atomic mass is 32.2. The van der Waals surface area contributed by atoms with Crippen molar-refractivity contribution in [1.82, 2.24) is 14.1 Å². The van der Waals surface area contributed by atoms with Gasteiger partial charge >= 0.3 is 0 Å². The fraction of sp³-hybridized carbons (Fsp3) is 0.591. The van der Waals surface area contributed by atoms with Crippen molar-refractivity contribution >= 4 is 10.0 Å². The van der Waals surface area contributed by atoms with E-state index in [4.69, 9.17) is 9.47 Å². The quantitative estimate of drug-likeness (QED) is 0.645. The van der Waals surface area contributed by atoms with E-state index in [2.05, 4.69) is 5.10 Å². The van der Waals surface area contributed by atoms with E-state index in [-0.39, 0.29) is 16.3 Å². The van der Waals surface area contributed by atoms with Crippen molar-refractivity contribution in [2.24, 2.45) is 5.92 Å². The molecule has 1 atom stereocenters. The van der Waals surface area contributed by atoms with Crippen LogP contribution in [0.4, 0.5) is 4.39 Å². The van der Waals surface area contributed by atoms with Gasteiger partial charge in [0.2, 0.25) is 10.0 Å². The molecule has 0 aliphatic carbocycles. The van der Waals surface area contributed by atoms with Crippen molar-refractivity contribution in [3.8, 4) is 5.75 Å². The summed E-state index contributed by atoms with van der Waals surface area (Å²) in [4.78, 5) is 0.255. The van der Waals surface area contributed by atoms with Crippen LogP contribution < -0.4 is 4.74 Å². The van der Waals surface area contributed by atoms with Gasteiger partial charge in [0.25, 0.3) is 0 Å². The maximum absolute atomic E-state index is 13.0. The Morgan fingerprint density at radius 2 is 2.00 bits per heavy atom. The number of hydrogen-bond acceptors (Lipinski definition) is 5. The van der Waals surface area contributed by atoms with Crippen molar-refractivity contribution in [2.45, 2.75) is 56.1 Å². The molecular weight excluding hydrogens is 421 g/mol. The molecule has 170 valence electrons. The first-order chi connectivity index (χ1) is 14.9. The summed E-state index contributed by atoms with van der Waals surface area (Å²) < 4.78 is 54.0. The van der Waals surface area contributed by atoms with E-state index in [1.807, 2.05) is 6.92 Å². The number of piperidine rings is 1. The summed E-state index contributed by atoms with van der Waals surface area (Å²) in [5, 5.41) is 4.10. The lowest BCUT2D eigenvalue weighted by atomic mass is 9.79. The van der Waals surface area contributed by atoms with Gasteiger partial charge in [-0.05, 0) is 69.2 Å². The lowest BCUT2D eigenvalue weighted by Crippen LogP contribution is -2.50. The Labute approximate surface area is 183 Å². The molecule has 1 unspecified atom stereocenters. The van der Waals surface area contributed by atoms with Gasteiger partial charge in [-0.2, -0.15) is 9.40 Å². The number of aromatic nitrogens is 2. The second-order valence-electron chi connectivity index (χ2n) is 8.42. The largest absolute Gasteiger partial charge is 0.494 e. The Hall–Kier alpha value is -1.97. The monoisotopic (exact) mass is 451 g/mol. The van der Waals surface area contributed by atoms with Crippen molar-refractivity contribution in [3.63, 3.8) is 0 Å². The first-order valence-corrected chi connectivity index (χ1v) is 12.4. The molecule has 0 bridgehead atoms. The lowest BCUT2D eigenvalue weighted by Gasteiger charge is -2.45. The summed E-state index contributed by atoms with van der Waals surface area (Å²) in [7, 11) is -3.52. The third-order valence-electron chi connectivity index (χ3n) is 6.41. The van der Waals surface area contributed by atoms with Gasteiger partial charge in [0.15, 0.2) is 0 Å². The van der Waals surface area contributed by atoms with E-state index in [0.717, 1.165) is 19.3 Å². The van der Waals surface area contributed by atoms with Crippen molar-refractivity contribution in [3.05, 3.63) is 42.5 Å². The van der Waals surface area contributed by atoms with Crippen LogP contribution in [0.2, 0.25) is 0 Å². The van der Waals surface area contributed by atoms with E-state index in [0.29, 0.717) is 57.4 Å². The highest BCUT2D eigenvalue weighted by Crippen LogP contribution is 2.39. The predicted octanol–water partition coefficient (Wildman–Crippen LogP) is 3.46. The Morgan fingerprint density at radius 1 is 1.26 bits per heavy atom. The van der Waals surface area contributed by atoms with Crippen LogP contribution in [-0.4, -0.2) is 54.4 Å². The maximum Gasteiger partial charge on any atom is 0.246 e. The topological polar surface area (TPSA) is 73.7 Å². The minimum atomic E-state index is -3.52. The minimum absolute atomic E-state index is 0.252. The molecule has 2 aliphatic heterocycles. The normalized spacial score (nSPS) is 21.9. The molecule has 0 saturated carbocycles. The molecule has 2 aliphatic rings. The second kappa shape index (κ2) is 9.26. The molecule has 9 heteroatoms. The number of ether oxygens (including phenoxy) is 2. The molecule has 7 nitrogen and oxygen atoms in total. The van der Waals surface area contributed by atoms with E-state index in [9.17, 15) is 12.8 Å². The molecule has 2 aromatic rings. The first kappa shape index (κ1) is 22.2. The first-order valence-electron chi connectivity index (χ1n) is 11.0. The summed E-state index contributed by atoms with van der Waals surface area (Å²) in [6.07, 6.45) is 7.22. The van der Waals surface area contributed by atoms with Gasteiger partial charge in [-0.1, -0.05) is 0 Å². The molecule has 1 aromatic heterocycles. The average molecular weight is 452 g/mol. The number of halogens is 1. The summed E-state index contributed by atoms with van der Waals surface area (Å²) in [5.74, 6) is 0.875. The van der Waals surface area contributed by atoms with Gasteiger partial charge in [0.1, 0.15) is 16.5 Å². The number of hydrogen-bond donors (Lipinski definition) is 0. The van der Waals surface area contributed by atoms with E-state index >= 15 is 0 Å². The summed E-state index contributed by atoms with van der Waals surface area (Å²) in [6, 6.07) is 6.07. The third-order valence-corrected chi connectivity index (χ3v) is 8.26. The molecule has 4 rings (SSSR count). The predicted molar refractivity (Wildman–Crippen MR) is 114 cm³/mol. The van der Waals surface area contributed by atoms with E-state index in [1.54, 1.807) is 27.3 Å². The van der Waals surface area contributed by atoms with Gasteiger partial charge in [0, 0.05) is 32.4 Å². The SMILES string of the molecule is CCn1cc(S(=O)(=O)N2CCC3(CC2)CC(CCOc2ccc(F)cc2)CCO3)cn1. The number of sulfonamides is 1. The van der Waals surface area contributed by atoms with Crippen LogP contribution in [0, 0.1) is 11.7 Å². The molecule has 2 fully saturated rings. The molecule has 0 radical (unpaired) electrons. The van der Waals surface area contributed by atoms with Crippen LogP contribution >= 0.6 is 0 Å². The summed E-state index contributed by atoms with van der Waals surface area (Å²) in [6.45, 7) is 4.75. The van der Waals surface area contributed by atoms with Gasteiger partial charge in [-0.3, -0.25) is 4.68 Å². The Kier molecular flexibility index (Phi) is 6.64. The van der Waals surface area contributed by atoms with Gasteiger partial charge in [0.05, 0.1) is 18.4 Å². The lowest BCUT2D eigenvalue weighted by molar-refractivity contribution is -0.122. The molecular formula is C22H30FN3O4S. The summed E-state index contributed by atoms with van der Waals surface area (Å²) >= 11 is 0. The van der Waals surface area contributed by atoms with Gasteiger partial charge in [-0.25, -0.2) is 12.8 Å². The van der Waals surface area contributed by atoms with E-state index < -0.39 is 10.0 Å². The molecule has 3 heterocycles. The van der Waals surface area contributed by atoms with E-state index in [1.165, 1.54) is 18.3 Å². The number of benzene rings is 1. The van der Waals surface area contributed by atoms with Crippen molar-refractivity contribution in [2.75, 3.05) is 26.3 Å². The molecule has 31 heavy (non-hydrogen) atoms. The standard InChI is InChI=1S/C22H30FN3O4S/c1-2-25-17-21(16-24-25)31(27,28)26-11-9-22(10-12-26)15-18(8-14-30-22)7-13-29-20-5-3-19(23)4-6-20/h3-6,16-18H,2,7-15H2,1H3. The highest BCUT2D eigenvalue weighted by Gasteiger charge is 2.42. The zero-order valence-electron chi connectivity index (χ0n) is 17.9. The van der Waals surface area contributed by atoms with Crippen LogP contribution in [0.15, 0.2) is 41.6 Å². The number of nitrogens with zero attached hydrogens (tertiary/aromatic N) is 3. The Bertz CT molecular complexity index is 969. The second-order valence-corrected chi connectivity index (χ2v) is 10.4.